The third-order valence-corrected chi connectivity index (χ3v) is 5.11. The summed E-state index contributed by atoms with van der Waals surface area (Å²) < 4.78 is 0. The number of nitrogens with zero attached hydrogens (tertiary/aromatic N) is 2. The molecule has 1 saturated carbocycles. The molecule has 2 rings (SSSR count). The summed E-state index contributed by atoms with van der Waals surface area (Å²) in [4.78, 5) is 17.0. The number of rotatable bonds is 6. The number of amides is 1. The highest BCUT2D eigenvalue weighted by Gasteiger charge is 2.20. The van der Waals surface area contributed by atoms with Crippen molar-refractivity contribution in [1.29, 1.82) is 0 Å². The van der Waals surface area contributed by atoms with E-state index in [0.717, 1.165) is 70.9 Å². The van der Waals surface area contributed by atoms with Crippen LogP contribution in [0.4, 0.5) is 0 Å². The summed E-state index contributed by atoms with van der Waals surface area (Å²) in [5, 5.41) is 0. The largest absolute Gasteiger partial charge is 0.341 e. The third kappa shape index (κ3) is 5.95. The van der Waals surface area contributed by atoms with Gasteiger partial charge in [-0.15, -0.1) is 0 Å². The van der Waals surface area contributed by atoms with Gasteiger partial charge >= 0.3 is 0 Å². The van der Waals surface area contributed by atoms with E-state index in [1.807, 2.05) is 0 Å². The van der Waals surface area contributed by atoms with Gasteiger partial charge in [-0.25, -0.2) is 0 Å². The van der Waals surface area contributed by atoms with Crippen LogP contribution in [-0.2, 0) is 4.79 Å². The van der Waals surface area contributed by atoms with Gasteiger partial charge in [0.2, 0.25) is 5.91 Å². The van der Waals surface area contributed by atoms with Crippen LogP contribution in [0.2, 0.25) is 0 Å². The van der Waals surface area contributed by atoms with Crippen molar-refractivity contribution in [1.82, 2.24) is 9.80 Å². The average Bonchev–Trinajstić information content (AvgIpc) is 2.77. The van der Waals surface area contributed by atoms with E-state index in [2.05, 4.69) is 9.80 Å². The van der Waals surface area contributed by atoms with E-state index in [1.54, 1.807) is 0 Å². The lowest BCUT2D eigenvalue weighted by atomic mass is 9.86. The van der Waals surface area contributed by atoms with Crippen molar-refractivity contribution in [3.05, 3.63) is 0 Å². The lowest BCUT2D eigenvalue weighted by molar-refractivity contribution is -0.131. The first-order valence-corrected chi connectivity index (χ1v) is 9.00. The molecule has 0 aromatic heterocycles. The Morgan fingerprint density at radius 1 is 1.00 bits per heavy atom. The van der Waals surface area contributed by atoms with Crippen LogP contribution in [0.15, 0.2) is 0 Å². The molecule has 2 N–H and O–H groups in total. The molecule has 21 heavy (non-hydrogen) atoms. The number of hydrogen-bond donors (Lipinski definition) is 1. The zero-order valence-electron chi connectivity index (χ0n) is 13.6. The van der Waals surface area contributed by atoms with Gasteiger partial charge in [0, 0.05) is 26.1 Å². The van der Waals surface area contributed by atoms with Crippen molar-refractivity contribution in [3.8, 4) is 0 Å². The Morgan fingerprint density at radius 2 is 1.81 bits per heavy atom. The molecule has 2 fully saturated rings. The monoisotopic (exact) mass is 295 g/mol. The van der Waals surface area contributed by atoms with Crippen LogP contribution in [0.5, 0.6) is 0 Å². The summed E-state index contributed by atoms with van der Waals surface area (Å²) in [6.07, 6.45) is 10.9. The van der Waals surface area contributed by atoms with Gasteiger partial charge in [0.05, 0.1) is 0 Å². The molecule has 4 heteroatoms. The fourth-order valence-electron chi connectivity index (χ4n) is 3.72. The van der Waals surface area contributed by atoms with Crippen LogP contribution in [0.3, 0.4) is 0 Å². The second-order valence-electron chi connectivity index (χ2n) is 6.76. The van der Waals surface area contributed by atoms with E-state index in [9.17, 15) is 4.79 Å². The molecule has 0 spiro atoms. The fraction of sp³-hybridized carbons (Fsp3) is 0.941. The topological polar surface area (TPSA) is 49.6 Å². The second kappa shape index (κ2) is 9.42. The molecule has 1 heterocycles. The summed E-state index contributed by atoms with van der Waals surface area (Å²) in [7, 11) is 0. The average molecular weight is 295 g/mol. The first-order valence-electron chi connectivity index (χ1n) is 9.00. The van der Waals surface area contributed by atoms with E-state index in [0.29, 0.717) is 5.91 Å². The molecule has 0 bridgehead atoms. The van der Waals surface area contributed by atoms with Crippen LogP contribution < -0.4 is 5.73 Å². The molecular formula is C17H33N3O. The van der Waals surface area contributed by atoms with Gasteiger partial charge in [-0.05, 0) is 44.8 Å². The number of nitrogens with two attached hydrogens (primary N) is 1. The molecule has 1 amide bonds. The van der Waals surface area contributed by atoms with Gasteiger partial charge in [-0.1, -0.05) is 32.1 Å². The molecule has 1 aliphatic carbocycles. The van der Waals surface area contributed by atoms with Gasteiger partial charge in [0.25, 0.3) is 0 Å². The fourth-order valence-corrected chi connectivity index (χ4v) is 3.72. The minimum absolute atomic E-state index is 0.390. The molecule has 122 valence electrons. The van der Waals surface area contributed by atoms with Crippen molar-refractivity contribution in [2.24, 2.45) is 11.7 Å². The molecule has 1 aliphatic heterocycles. The van der Waals surface area contributed by atoms with Gasteiger partial charge in [-0.3, -0.25) is 4.79 Å². The van der Waals surface area contributed by atoms with Crippen LogP contribution in [0.25, 0.3) is 0 Å². The van der Waals surface area contributed by atoms with Gasteiger partial charge in [0.1, 0.15) is 0 Å². The maximum Gasteiger partial charge on any atom is 0.222 e. The summed E-state index contributed by atoms with van der Waals surface area (Å²) in [6.45, 7) is 5.85. The minimum atomic E-state index is 0.390. The van der Waals surface area contributed by atoms with Crippen molar-refractivity contribution in [2.45, 2.75) is 57.8 Å². The summed E-state index contributed by atoms with van der Waals surface area (Å²) in [5.74, 6) is 1.21. The maximum atomic E-state index is 12.4. The molecule has 2 aliphatic rings. The first kappa shape index (κ1) is 16.8. The lowest BCUT2D eigenvalue weighted by Gasteiger charge is -2.24. The van der Waals surface area contributed by atoms with E-state index in [1.165, 1.54) is 32.1 Å². The SMILES string of the molecule is NCCCN1CCCN(C(=O)CCC2CCCCC2)CC1. The first-order chi connectivity index (χ1) is 10.3. The zero-order valence-corrected chi connectivity index (χ0v) is 13.6. The van der Waals surface area contributed by atoms with E-state index < -0.39 is 0 Å². The van der Waals surface area contributed by atoms with Crippen molar-refractivity contribution in [2.75, 3.05) is 39.3 Å². The van der Waals surface area contributed by atoms with E-state index in [-0.39, 0.29) is 0 Å². The number of carbonyl (C=O) groups is 1. The summed E-state index contributed by atoms with van der Waals surface area (Å²) in [5.41, 5.74) is 5.58. The molecular weight excluding hydrogens is 262 g/mol. The zero-order chi connectivity index (χ0) is 14.9. The Kier molecular flexibility index (Phi) is 7.51. The maximum absolute atomic E-state index is 12.4. The minimum Gasteiger partial charge on any atom is -0.341 e. The van der Waals surface area contributed by atoms with Crippen molar-refractivity contribution < 1.29 is 4.79 Å². The number of hydrogen-bond acceptors (Lipinski definition) is 3. The molecule has 0 radical (unpaired) electrons. The summed E-state index contributed by atoms with van der Waals surface area (Å²) >= 11 is 0. The normalized spacial score (nSPS) is 22.2. The molecule has 0 unspecified atom stereocenters. The second-order valence-corrected chi connectivity index (χ2v) is 6.76. The molecule has 0 aromatic carbocycles. The Balaban J connectivity index is 1.67. The molecule has 4 nitrogen and oxygen atoms in total. The van der Waals surface area contributed by atoms with Crippen molar-refractivity contribution in [3.63, 3.8) is 0 Å². The summed E-state index contributed by atoms with van der Waals surface area (Å²) in [6, 6.07) is 0. The third-order valence-electron chi connectivity index (χ3n) is 5.11. The smallest absolute Gasteiger partial charge is 0.222 e. The standard InChI is InChI=1S/C17H33N3O/c18-10-4-11-19-12-5-13-20(15-14-19)17(21)9-8-16-6-2-1-3-7-16/h16H,1-15,18H2. The quantitative estimate of drug-likeness (QED) is 0.817. The van der Waals surface area contributed by atoms with Crippen LogP contribution >= 0.6 is 0 Å². The Morgan fingerprint density at radius 3 is 2.57 bits per heavy atom. The molecule has 0 atom stereocenters. The molecule has 0 aromatic rings. The predicted molar refractivity (Wildman–Crippen MR) is 87.1 cm³/mol. The van der Waals surface area contributed by atoms with Gasteiger partial charge in [-0.2, -0.15) is 0 Å². The highest BCUT2D eigenvalue weighted by Crippen LogP contribution is 2.27. The van der Waals surface area contributed by atoms with Gasteiger partial charge < -0.3 is 15.5 Å². The lowest BCUT2D eigenvalue weighted by Crippen LogP contribution is -2.35. The Hall–Kier alpha value is -0.610. The predicted octanol–water partition coefficient (Wildman–Crippen LogP) is 2.23. The van der Waals surface area contributed by atoms with E-state index >= 15 is 0 Å². The number of carbonyl (C=O) groups excluding carboxylic acids is 1. The van der Waals surface area contributed by atoms with Crippen molar-refractivity contribution >= 4 is 5.91 Å². The van der Waals surface area contributed by atoms with Crippen LogP contribution in [0, 0.1) is 5.92 Å². The molecule has 1 saturated heterocycles. The Bertz CT molecular complexity index is 302. The van der Waals surface area contributed by atoms with Crippen LogP contribution in [0.1, 0.15) is 57.8 Å². The Labute approximate surface area is 130 Å². The highest BCUT2D eigenvalue weighted by atomic mass is 16.2. The van der Waals surface area contributed by atoms with Gasteiger partial charge in [0.15, 0.2) is 0 Å². The van der Waals surface area contributed by atoms with E-state index in [4.69, 9.17) is 5.73 Å². The highest BCUT2D eigenvalue weighted by molar-refractivity contribution is 5.76. The van der Waals surface area contributed by atoms with Crippen LogP contribution in [-0.4, -0.2) is 55.0 Å².